The monoisotopic (exact) mass is 200 g/mol. The van der Waals surface area contributed by atoms with E-state index in [2.05, 4.69) is 0 Å². The maximum absolute atomic E-state index is 11.1. The van der Waals surface area contributed by atoms with Crippen molar-refractivity contribution in [1.82, 2.24) is 0 Å². The van der Waals surface area contributed by atoms with E-state index < -0.39 is 5.60 Å². The van der Waals surface area contributed by atoms with Gasteiger partial charge in [0.15, 0.2) is 11.9 Å². The molecule has 0 saturated heterocycles. The first-order chi connectivity index (χ1) is 6.64. The molecule has 0 aromatic carbocycles. The van der Waals surface area contributed by atoms with Crippen molar-refractivity contribution < 1.29 is 14.3 Å². The SMILES string of the molecule is CCCCC(C=O)(CC)OC(=O)CC. The van der Waals surface area contributed by atoms with E-state index in [0.717, 1.165) is 19.1 Å². The smallest absolute Gasteiger partial charge is 0.306 e. The summed E-state index contributed by atoms with van der Waals surface area (Å²) in [6, 6.07) is 0. The Morgan fingerprint density at radius 1 is 1.36 bits per heavy atom. The van der Waals surface area contributed by atoms with Gasteiger partial charge in [0.1, 0.15) is 0 Å². The quantitative estimate of drug-likeness (QED) is 0.468. The fourth-order valence-corrected chi connectivity index (χ4v) is 1.24. The van der Waals surface area contributed by atoms with Crippen molar-refractivity contribution in [3.63, 3.8) is 0 Å². The van der Waals surface area contributed by atoms with Crippen molar-refractivity contribution in [3.05, 3.63) is 0 Å². The Hall–Kier alpha value is -0.860. The average molecular weight is 200 g/mol. The van der Waals surface area contributed by atoms with E-state index in [0.29, 0.717) is 19.3 Å². The van der Waals surface area contributed by atoms with Crippen LogP contribution < -0.4 is 0 Å². The van der Waals surface area contributed by atoms with Crippen LogP contribution in [0.4, 0.5) is 0 Å². The number of aldehydes is 1. The minimum Gasteiger partial charge on any atom is -0.451 e. The molecule has 3 heteroatoms. The van der Waals surface area contributed by atoms with Crippen LogP contribution in [-0.4, -0.2) is 17.9 Å². The van der Waals surface area contributed by atoms with Crippen LogP contribution in [0.1, 0.15) is 52.9 Å². The molecule has 1 unspecified atom stereocenters. The topological polar surface area (TPSA) is 43.4 Å². The van der Waals surface area contributed by atoms with E-state index in [4.69, 9.17) is 4.74 Å². The lowest BCUT2D eigenvalue weighted by Crippen LogP contribution is -2.36. The number of unbranched alkanes of at least 4 members (excludes halogenated alkanes) is 1. The minimum absolute atomic E-state index is 0.296. The summed E-state index contributed by atoms with van der Waals surface area (Å²) in [4.78, 5) is 22.1. The van der Waals surface area contributed by atoms with Crippen LogP contribution in [0.3, 0.4) is 0 Å². The summed E-state index contributed by atoms with van der Waals surface area (Å²) < 4.78 is 5.18. The summed E-state index contributed by atoms with van der Waals surface area (Å²) in [6.45, 7) is 5.65. The van der Waals surface area contributed by atoms with Gasteiger partial charge in [-0.3, -0.25) is 9.59 Å². The molecule has 82 valence electrons. The molecule has 0 radical (unpaired) electrons. The van der Waals surface area contributed by atoms with Crippen LogP contribution in [0.5, 0.6) is 0 Å². The molecule has 0 aliphatic rings. The third-order valence-corrected chi connectivity index (χ3v) is 2.37. The molecular weight excluding hydrogens is 180 g/mol. The lowest BCUT2D eigenvalue weighted by molar-refractivity contribution is -0.163. The molecule has 0 rings (SSSR count). The molecule has 3 nitrogen and oxygen atoms in total. The van der Waals surface area contributed by atoms with Crippen molar-refractivity contribution in [1.29, 1.82) is 0 Å². The number of hydrogen-bond acceptors (Lipinski definition) is 3. The molecule has 0 heterocycles. The van der Waals surface area contributed by atoms with Crippen LogP contribution in [0.25, 0.3) is 0 Å². The second-order valence-corrected chi connectivity index (χ2v) is 3.47. The molecule has 0 aliphatic heterocycles. The zero-order chi connectivity index (χ0) is 11.0. The van der Waals surface area contributed by atoms with Gasteiger partial charge in [0.2, 0.25) is 0 Å². The Labute approximate surface area is 85.8 Å². The van der Waals surface area contributed by atoms with Gasteiger partial charge in [-0.15, -0.1) is 0 Å². The first-order valence-corrected chi connectivity index (χ1v) is 5.32. The Morgan fingerprint density at radius 2 is 2.00 bits per heavy atom. The fraction of sp³-hybridized carbons (Fsp3) is 0.818. The lowest BCUT2D eigenvalue weighted by atomic mass is 9.95. The van der Waals surface area contributed by atoms with Gasteiger partial charge in [0.05, 0.1) is 0 Å². The van der Waals surface area contributed by atoms with Gasteiger partial charge in [-0.25, -0.2) is 0 Å². The van der Waals surface area contributed by atoms with Crippen LogP contribution in [0, 0.1) is 0 Å². The van der Waals surface area contributed by atoms with Crippen molar-refractivity contribution >= 4 is 12.3 Å². The molecule has 0 spiro atoms. The largest absolute Gasteiger partial charge is 0.451 e. The normalized spacial score (nSPS) is 14.5. The van der Waals surface area contributed by atoms with Gasteiger partial charge < -0.3 is 4.74 Å². The highest BCUT2D eigenvalue weighted by Crippen LogP contribution is 2.21. The maximum atomic E-state index is 11.1. The maximum Gasteiger partial charge on any atom is 0.306 e. The molecular formula is C11H20O3. The molecule has 14 heavy (non-hydrogen) atoms. The highest BCUT2D eigenvalue weighted by Gasteiger charge is 2.30. The summed E-state index contributed by atoms with van der Waals surface area (Å²) in [6.07, 6.45) is 4.19. The van der Waals surface area contributed by atoms with E-state index in [9.17, 15) is 9.59 Å². The Balaban J connectivity index is 4.35. The van der Waals surface area contributed by atoms with Gasteiger partial charge in [-0.05, 0) is 19.3 Å². The van der Waals surface area contributed by atoms with Gasteiger partial charge in [0.25, 0.3) is 0 Å². The second kappa shape index (κ2) is 6.57. The number of carbonyl (C=O) groups excluding carboxylic acids is 2. The zero-order valence-electron chi connectivity index (χ0n) is 9.34. The molecule has 0 N–H and O–H groups in total. The molecule has 1 atom stereocenters. The van der Waals surface area contributed by atoms with Crippen LogP contribution in [0.15, 0.2) is 0 Å². The van der Waals surface area contributed by atoms with Crippen molar-refractivity contribution in [3.8, 4) is 0 Å². The van der Waals surface area contributed by atoms with Crippen molar-refractivity contribution in [2.75, 3.05) is 0 Å². The highest BCUT2D eigenvalue weighted by molar-refractivity contribution is 5.74. The molecule has 0 amide bonds. The van der Waals surface area contributed by atoms with Crippen LogP contribution in [-0.2, 0) is 14.3 Å². The van der Waals surface area contributed by atoms with Gasteiger partial charge >= 0.3 is 5.97 Å². The number of ether oxygens (including phenoxy) is 1. The molecule has 0 aliphatic carbocycles. The summed E-state index contributed by atoms with van der Waals surface area (Å²) in [5.74, 6) is -0.296. The van der Waals surface area contributed by atoms with Crippen LogP contribution >= 0.6 is 0 Å². The fourth-order valence-electron chi connectivity index (χ4n) is 1.24. The first kappa shape index (κ1) is 13.1. The first-order valence-electron chi connectivity index (χ1n) is 5.32. The number of carbonyl (C=O) groups is 2. The number of esters is 1. The third-order valence-electron chi connectivity index (χ3n) is 2.37. The van der Waals surface area contributed by atoms with Crippen molar-refractivity contribution in [2.24, 2.45) is 0 Å². The Kier molecular flexibility index (Phi) is 6.17. The van der Waals surface area contributed by atoms with E-state index in [-0.39, 0.29) is 5.97 Å². The summed E-state index contributed by atoms with van der Waals surface area (Å²) in [5.41, 5.74) is -0.872. The zero-order valence-corrected chi connectivity index (χ0v) is 9.34. The van der Waals surface area contributed by atoms with Crippen LogP contribution in [0.2, 0.25) is 0 Å². The van der Waals surface area contributed by atoms with E-state index in [1.54, 1.807) is 6.92 Å². The third kappa shape index (κ3) is 3.90. The lowest BCUT2D eigenvalue weighted by Gasteiger charge is -2.26. The molecule has 0 fully saturated rings. The predicted molar refractivity (Wildman–Crippen MR) is 55.0 cm³/mol. The average Bonchev–Trinajstić information content (AvgIpc) is 2.24. The summed E-state index contributed by atoms with van der Waals surface area (Å²) >= 11 is 0. The Morgan fingerprint density at radius 3 is 2.36 bits per heavy atom. The van der Waals surface area contributed by atoms with E-state index >= 15 is 0 Å². The number of rotatable bonds is 7. The summed E-state index contributed by atoms with van der Waals surface area (Å²) in [5, 5.41) is 0. The van der Waals surface area contributed by atoms with Gasteiger partial charge in [0, 0.05) is 6.42 Å². The number of hydrogen-bond donors (Lipinski definition) is 0. The van der Waals surface area contributed by atoms with Crippen molar-refractivity contribution in [2.45, 2.75) is 58.5 Å². The van der Waals surface area contributed by atoms with Gasteiger partial charge in [-0.1, -0.05) is 27.2 Å². The molecule has 0 aromatic heterocycles. The van der Waals surface area contributed by atoms with E-state index in [1.807, 2.05) is 13.8 Å². The molecule has 0 bridgehead atoms. The highest BCUT2D eigenvalue weighted by atomic mass is 16.6. The van der Waals surface area contributed by atoms with E-state index in [1.165, 1.54) is 0 Å². The second-order valence-electron chi connectivity index (χ2n) is 3.47. The summed E-state index contributed by atoms with van der Waals surface area (Å²) in [7, 11) is 0. The van der Waals surface area contributed by atoms with Gasteiger partial charge in [-0.2, -0.15) is 0 Å². The molecule has 0 saturated carbocycles. The predicted octanol–water partition coefficient (Wildman–Crippen LogP) is 2.48. The standard InChI is InChI=1S/C11H20O3/c1-4-7-8-11(6-3,9-12)14-10(13)5-2/h9H,4-8H2,1-3H3. The Bertz CT molecular complexity index is 189. The minimum atomic E-state index is -0.872. The molecule has 0 aromatic rings.